The number of nitrogens with one attached hydrogen (secondary N) is 1. The van der Waals surface area contributed by atoms with E-state index in [1.54, 1.807) is 6.07 Å². The first-order valence-corrected chi connectivity index (χ1v) is 7.78. The molecule has 0 saturated heterocycles. The van der Waals surface area contributed by atoms with E-state index in [9.17, 15) is 24.8 Å². The van der Waals surface area contributed by atoms with Crippen LogP contribution in [0.15, 0.2) is 40.9 Å². The highest BCUT2D eigenvalue weighted by molar-refractivity contribution is 9.10. The summed E-state index contributed by atoms with van der Waals surface area (Å²) in [6, 6.07) is 8.48. The molecule has 2 N–H and O–H groups in total. The zero-order valence-corrected chi connectivity index (χ0v) is 14.6. The van der Waals surface area contributed by atoms with Gasteiger partial charge in [-0.25, -0.2) is 4.79 Å². The molecule has 0 aliphatic heterocycles. The molecular weight excluding hydrogens is 396 g/mol. The third kappa shape index (κ3) is 4.54. The monoisotopic (exact) mass is 408 g/mol. The van der Waals surface area contributed by atoms with Crippen LogP contribution in [0.1, 0.15) is 15.9 Å². The number of rotatable bonds is 5. The Morgan fingerprint density at radius 3 is 2.72 bits per heavy atom. The summed E-state index contributed by atoms with van der Waals surface area (Å²) in [4.78, 5) is 34.1. The summed E-state index contributed by atoms with van der Waals surface area (Å²) in [7, 11) is 0. The van der Waals surface area contributed by atoms with Gasteiger partial charge in [-0.1, -0.05) is 22.0 Å². The molecule has 2 aromatic rings. The summed E-state index contributed by atoms with van der Waals surface area (Å²) in [5, 5.41) is 23.0. The maximum absolute atomic E-state index is 11.9. The quantitative estimate of drug-likeness (QED) is 0.445. The molecule has 0 saturated carbocycles. The van der Waals surface area contributed by atoms with E-state index < -0.39 is 23.4 Å². The van der Waals surface area contributed by atoms with Crippen molar-refractivity contribution in [1.29, 1.82) is 0 Å². The van der Waals surface area contributed by atoms with E-state index in [4.69, 9.17) is 4.74 Å². The highest BCUT2D eigenvalue weighted by atomic mass is 79.9. The van der Waals surface area contributed by atoms with E-state index in [2.05, 4.69) is 21.2 Å². The van der Waals surface area contributed by atoms with Gasteiger partial charge in [0.25, 0.3) is 11.6 Å². The van der Waals surface area contributed by atoms with Crippen LogP contribution < -0.4 is 5.32 Å². The van der Waals surface area contributed by atoms with Crippen molar-refractivity contribution in [2.75, 3.05) is 11.9 Å². The van der Waals surface area contributed by atoms with E-state index in [0.717, 1.165) is 0 Å². The number of amides is 1. The van der Waals surface area contributed by atoms with Crippen LogP contribution in [0, 0.1) is 17.0 Å². The van der Waals surface area contributed by atoms with Gasteiger partial charge in [-0.05, 0) is 31.2 Å². The fraction of sp³-hybridized carbons (Fsp3) is 0.125. The average Bonchev–Trinajstić information content (AvgIpc) is 2.56. The zero-order chi connectivity index (χ0) is 18.6. The fourth-order valence-electron chi connectivity index (χ4n) is 2.02. The minimum absolute atomic E-state index is 0.0892. The van der Waals surface area contributed by atoms with Crippen molar-refractivity contribution in [3.8, 4) is 5.75 Å². The van der Waals surface area contributed by atoms with Gasteiger partial charge in [-0.15, -0.1) is 0 Å². The van der Waals surface area contributed by atoms with E-state index >= 15 is 0 Å². The van der Waals surface area contributed by atoms with Gasteiger partial charge in [-0.2, -0.15) is 0 Å². The second-order valence-electron chi connectivity index (χ2n) is 4.99. The van der Waals surface area contributed by atoms with E-state index in [1.165, 1.54) is 37.3 Å². The van der Waals surface area contributed by atoms with Gasteiger partial charge in [0.05, 0.1) is 16.2 Å². The number of phenolic OH excluding ortho intramolecular Hbond substituents is 1. The number of benzene rings is 2. The van der Waals surface area contributed by atoms with Crippen molar-refractivity contribution < 1.29 is 24.4 Å². The number of hydrogen-bond donors (Lipinski definition) is 2. The molecule has 2 rings (SSSR count). The Hall–Kier alpha value is -2.94. The van der Waals surface area contributed by atoms with Crippen LogP contribution in [0.4, 0.5) is 11.4 Å². The second kappa shape index (κ2) is 7.75. The lowest BCUT2D eigenvalue weighted by Gasteiger charge is -2.09. The highest BCUT2D eigenvalue weighted by Gasteiger charge is 2.17. The normalized spacial score (nSPS) is 10.2. The van der Waals surface area contributed by atoms with Crippen molar-refractivity contribution in [3.05, 3.63) is 62.1 Å². The van der Waals surface area contributed by atoms with Crippen molar-refractivity contribution in [3.63, 3.8) is 0 Å². The third-order valence-electron chi connectivity index (χ3n) is 3.29. The van der Waals surface area contributed by atoms with Crippen LogP contribution in [0.5, 0.6) is 5.75 Å². The van der Waals surface area contributed by atoms with Gasteiger partial charge in [0.1, 0.15) is 11.3 Å². The maximum atomic E-state index is 11.9. The summed E-state index contributed by atoms with van der Waals surface area (Å²) >= 11 is 3.16. The number of nitro benzene ring substituents is 1. The van der Waals surface area contributed by atoms with Gasteiger partial charge >= 0.3 is 5.97 Å². The van der Waals surface area contributed by atoms with Crippen molar-refractivity contribution >= 4 is 39.2 Å². The number of anilines is 1. The van der Waals surface area contributed by atoms with Crippen LogP contribution in [0.25, 0.3) is 0 Å². The summed E-state index contributed by atoms with van der Waals surface area (Å²) in [5.41, 5.74) is 0.319. The lowest BCUT2D eigenvalue weighted by atomic mass is 10.1. The second-order valence-corrected chi connectivity index (χ2v) is 5.91. The number of carbonyl (C=O) groups is 2. The SMILES string of the molecule is Cc1c(NC(=O)COC(=O)c2cc(Br)ccc2O)cccc1[N+](=O)[O-]. The predicted molar refractivity (Wildman–Crippen MR) is 92.6 cm³/mol. The maximum Gasteiger partial charge on any atom is 0.342 e. The molecule has 2 aromatic carbocycles. The first-order valence-electron chi connectivity index (χ1n) is 6.99. The van der Waals surface area contributed by atoms with E-state index in [-0.39, 0.29) is 28.3 Å². The Balaban J connectivity index is 2.02. The molecule has 0 radical (unpaired) electrons. The van der Waals surface area contributed by atoms with Gasteiger partial charge < -0.3 is 15.2 Å². The lowest BCUT2D eigenvalue weighted by Crippen LogP contribution is -2.21. The topological polar surface area (TPSA) is 119 Å². The minimum atomic E-state index is -0.871. The van der Waals surface area contributed by atoms with Crippen LogP contribution in [-0.2, 0) is 9.53 Å². The minimum Gasteiger partial charge on any atom is -0.507 e. The van der Waals surface area contributed by atoms with Crippen LogP contribution in [0.3, 0.4) is 0 Å². The number of hydrogen-bond acceptors (Lipinski definition) is 6. The van der Waals surface area contributed by atoms with Gasteiger partial charge in [0.15, 0.2) is 6.61 Å². The van der Waals surface area contributed by atoms with Crippen LogP contribution in [0.2, 0.25) is 0 Å². The van der Waals surface area contributed by atoms with Gasteiger partial charge in [0, 0.05) is 10.5 Å². The molecule has 9 heteroatoms. The number of nitrogens with zero attached hydrogens (tertiary/aromatic N) is 1. The van der Waals surface area contributed by atoms with Crippen LogP contribution >= 0.6 is 15.9 Å². The standard InChI is InChI=1S/C16H13BrN2O6/c1-9-12(3-2-4-13(9)19(23)24)18-15(21)8-25-16(22)11-7-10(17)5-6-14(11)20/h2-7,20H,8H2,1H3,(H,18,21). The zero-order valence-electron chi connectivity index (χ0n) is 13.0. The molecular formula is C16H13BrN2O6. The number of carbonyl (C=O) groups excluding carboxylic acids is 2. The molecule has 130 valence electrons. The molecule has 0 spiro atoms. The number of ether oxygens (including phenoxy) is 1. The molecule has 0 aliphatic rings. The predicted octanol–water partition coefficient (Wildman–Crippen LogP) is 3.17. The average molecular weight is 409 g/mol. The molecule has 0 heterocycles. The summed E-state index contributed by atoms with van der Waals surface area (Å²) in [6.07, 6.45) is 0. The van der Waals surface area contributed by atoms with Crippen LogP contribution in [-0.4, -0.2) is 28.5 Å². The summed E-state index contributed by atoms with van der Waals surface area (Å²) < 4.78 is 5.41. The number of phenols is 1. The summed E-state index contributed by atoms with van der Waals surface area (Å²) in [6.45, 7) is 0.895. The molecule has 0 atom stereocenters. The fourth-order valence-corrected chi connectivity index (χ4v) is 2.38. The molecule has 0 aliphatic carbocycles. The Morgan fingerprint density at radius 2 is 2.04 bits per heavy atom. The molecule has 0 aromatic heterocycles. The van der Waals surface area contributed by atoms with Crippen molar-refractivity contribution in [2.45, 2.75) is 6.92 Å². The molecule has 25 heavy (non-hydrogen) atoms. The summed E-state index contributed by atoms with van der Waals surface area (Å²) in [5.74, 6) is -1.81. The van der Waals surface area contributed by atoms with E-state index in [1.807, 2.05) is 0 Å². The Morgan fingerprint density at radius 1 is 1.32 bits per heavy atom. The first kappa shape index (κ1) is 18.4. The van der Waals surface area contributed by atoms with Gasteiger partial charge in [-0.3, -0.25) is 14.9 Å². The lowest BCUT2D eigenvalue weighted by molar-refractivity contribution is -0.385. The molecule has 1 amide bonds. The number of halogens is 1. The van der Waals surface area contributed by atoms with E-state index in [0.29, 0.717) is 4.47 Å². The third-order valence-corrected chi connectivity index (χ3v) is 3.78. The van der Waals surface area contributed by atoms with Crippen molar-refractivity contribution in [2.24, 2.45) is 0 Å². The largest absolute Gasteiger partial charge is 0.507 e. The molecule has 8 nitrogen and oxygen atoms in total. The molecule has 0 bridgehead atoms. The Bertz CT molecular complexity index is 853. The molecule has 0 unspecified atom stereocenters. The number of nitro groups is 1. The van der Waals surface area contributed by atoms with Crippen molar-refractivity contribution in [1.82, 2.24) is 0 Å². The van der Waals surface area contributed by atoms with Gasteiger partial charge in [0.2, 0.25) is 0 Å². The molecule has 0 fully saturated rings. The number of esters is 1. The Kier molecular flexibility index (Phi) is 5.71. The number of aromatic hydroxyl groups is 1. The first-order chi connectivity index (χ1) is 11.8. The smallest absolute Gasteiger partial charge is 0.342 e. The highest BCUT2D eigenvalue weighted by Crippen LogP contribution is 2.25. The Labute approximate surface area is 150 Å².